The van der Waals surface area contributed by atoms with Crippen LogP contribution < -0.4 is 27.0 Å². The summed E-state index contributed by atoms with van der Waals surface area (Å²) in [6.07, 6.45) is 9.99. The van der Waals surface area contributed by atoms with Crippen LogP contribution in [0.3, 0.4) is 0 Å². The second kappa shape index (κ2) is 25.9. The van der Waals surface area contributed by atoms with Crippen LogP contribution in [0.5, 0.6) is 0 Å². The van der Waals surface area contributed by atoms with Crippen molar-refractivity contribution < 1.29 is 52.4 Å². The molecule has 1 unspecified atom stereocenters. The number of carbonyl (C=O) groups is 6. The first-order chi connectivity index (χ1) is 29.0. The van der Waals surface area contributed by atoms with Crippen LogP contribution in [0, 0.1) is 5.92 Å². The predicted molar refractivity (Wildman–Crippen MR) is 225 cm³/mol. The standard InChI is InChI=1S/C41H65N8O11P/c1-27(2)22-32(46-41(56)35-19-15-20-49(35)29(4)51)38(53)45-33(23-31-24-43-26-44-31)39(54)47-34(25-50)40(55)48-36(37(42)52)28(3)60-61(57,58)59-21-14-9-7-5-6-8-11-16-30-17-12-10-13-18-30/h10,12-13,17-18,24,26-28,32-36,50H,5-9,11,14-16,19-23,25H2,1-4H3,(H2,42,52)(H,43,44)(H,45,53)(H,46,56)(H,47,54)(H,48,55)(H,57,58)/t28-,32+,33+,34+,35+,36+/m1/s1. The lowest BCUT2D eigenvalue weighted by atomic mass is 10.0. The molecule has 0 radical (unpaired) electrons. The van der Waals surface area contributed by atoms with Gasteiger partial charge in [0.1, 0.15) is 30.2 Å². The van der Waals surface area contributed by atoms with E-state index in [1.807, 2.05) is 32.0 Å². The summed E-state index contributed by atoms with van der Waals surface area (Å²) in [6.45, 7) is 5.66. The van der Waals surface area contributed by atoms with Gasteiger partial charge in [0, 0.05) is 31.8 Å². The van der Waals surface area contributed by atoms with Gasteiger partial charge in [0.05, 0.1) is 25.6 Å². The summed E-state index contributed by atoms with van der Waals surface area (Å²) < 4.78 is 23.0. The van der Waals surface area contributed by atoms with Crippen LogP contribution in [0.4, 0.5) is 0 Å². The number of unbranched alkanes of at least 4 members (excludes halogenated alkanes) is 6. The third kappa shape index (κ3) is 18.1. The molecule has 6 amide bonds. The Morgan fingerprint density at radius 1 is 0.902 bits per heavy atom. The molecular formula is C41H65N8O11P. The number of hydrogen-bond donors (Lipinski definition) is 8. The Morgan fingerprint density at radius 2 is 1.52 bits per heavy atom. The largest absolute Gasteiger partial charge is 0.472 e. The zero-order chi connectivity index (χ0) is 45.0. The quantitative estimate of drug-likeness (QED) is 0.0450. The number of aromatic nitrogens is 2. The highest BCUT2D eigenvalue weighted by Crippen LogP contribution is 2.45. The molecule has 7 atom stereocenters. The number of aliphatic hydroxyl groups is 1. The van der Waals surface area contributed by atoms with Gasteiger partial charge < -0.3 is 46.9 Å². The fourth-order valence-electron chi connectivity index (χ4n) is 7.07. The van der Waals surface area contributed by atoms with Crippen molar-refractivity contribution in [2.45, 2.75) is 141 Å². The molecule has 19 nitrogen and oxygen atoms in total. The maximum atomic E-state index is 13.7. The van der Waals surface area contributed by atoms with Crippen LogP contribution in [0.2, 0.25) is 0 Å². The van der Waals surface area contributed by atoms with Crippen molar-refractivity contribution in [2.75, 3.05) is 19.8 Å². The smallest absolute Gasteiger partial charge is 0.394 e. The fourth-order valence-corrected chi connectivity index (χ4v) is 8.03. The summed E-state index contributed by atoms with van der Waals surface area (Å²) in [6, 6.07) is 3.74. The number of hydrogen-bond acceptors (Lipinski definition) is 11. The summed E-state index contributed by atoms with van der Waals surface area (Å²) in [7, 11) is -4.70. The molecule has 20 heteroatoms. The number of nitrogens with two attached hydrogens (primary N) is 1. The molecule has 0 saturated carbocycles. The molecule has 61 heavy (non-hydrogen) atoms. The van der Waals surface area contributed by atoms with E-state index in [1.54, 1.807) is 0 Å². The number of carbonyl (C=O) groups excluding carboxylic acids is 6. The van der Waals surface area contributed by atoms with Gasteiger partial charge in [-0.2, -0.15) is 0 Å². The van der Waals surface area contributed by atoms with E-state index in [9.17, 15) is 43.3 Å². The topological polar surface area (TPSA) is 284 Å². The van der Waals surface area contributed by atoms with Gasteiger partial charge in [-0.25, -0.2) is 9.55 Å². The Kier molecular flexibility index (Phi) is 21.6. The Balaban J connectivity index is 1.54. The lowest BCUT2D eigenvalue weighted by Gasteiger charge is -2.28. The van der Waals surface area contributed by atoms with Crippen LogP contribution >= 0.6 is 7.82 Å². The highest BCUT2D eigenvalue weighted by molar-refractivity contribution is 7.47. The van der Waals surface area contributed by atoms with E-state index < -0.39 is 80.3 Å². The van der Waals surface area contributed by atoms with Gasteiger partial charge >= 0.3 is 7.82 Å². The molecule has 340 valence electrons. The third-order valence-corrected chi connectivity index (χ3v) is 11.4. The maximum absolute atomic E-state index is 13.7. The van der Waals surface area contributed by atoms with Crippen molar-refractivity contribution in [3.63, 3.8) is 0 Å². The lowest BCUT2D eigenvalue weighted by molar-refractivity contribution is -0.139. The highest BCUT2D eigenvalue weighted by Gasteiger charge is 2.37. The Labute approximate surface area is 357 Å². The third-order valence-electron chi connectivity index (χ3n) is 10.3. The molecule has 1 aliphatic rings. The second-order valence-corrected chi connectivity index (χ2v) is 17.3. The van der Waals surface area contributed by atoms with Gasteiger partial charge in [-0.1, -0.05) is 76.3 Å². The number of amides is 6. The Hall–Kier alpha value is -4.68. The molecule has 3 rings (SSSR count). The van der Waals surface area contributed by atoms with Crippen molar-refractivity contribution >= 4 is 43.3 Å². The number of primary amides is 1. The Bertz CT molecular complexity index is 1750. The molecule has 9 N–H and O–H groups in total. The molecular weight excluding hydrogens is 811 g/mol. The van der Waals surface area contributed by atoms with Gasteiger partial charge in [0.15, 0.2) is 0 Å². The van der Waals surface area contributed by atoms with Gasteiger partial charge in [0.25, 0.3) is 0 Å². The average molecular weight is 877 g/mol. The SMILES string of the molecule is CC(=O)N1CCC[C@H]1C(=O)N[C@@H](CC(C)C)C(=O)N[C@@H](Cc1cnc[nH]1)C(=O)N[C@@H](CO)C(=O)N[C@H](C(N)=O)[C@@H](C)OP(=O)(O)OCCCCCCCCCc1ccccc1. The molecule has 1 fully saturated rings. The maximum Gasteiger partial charge on any atom is 0.472 e. The number of aliphatic hydroxyl groups excluding tert-OH is 1. The number of H-pyrrole nitrogens is 1. The number of aromatic amines is 1. The highest BCUT2D eigenvalue weighted by atomic mass is 31.2. The van der Waals surface area contributed by atoms with E-state index in [0.29, 0.717) is 31.5 Å². The molecule has 2 aromatic rings. The second-order valence-electron chi connectivity index (χ2n) is 15.9. The van der Waals surface area contributed by atoms with Gasteiger partial charge in [-0.05, 0) is 56.9 Å². The van der Waals surface area contributed by atoms with Crippen molar-refractivity contribution in [3.05, 3.63) is 54.1 Å². The average Bonchev–Trinajstić information content (AvgIpc) is 3.92. The van der Waals surface area contributed by atoms with E-state index in [0.717, 1.165) is 44.9 Å². The van der Waals surface area contributed by atoms with E-state index >= 15 is 0 Å². The number of likely N-dealkylation sites (tertiary alicyclic amines) is 1. The normalized spacial score (nSPS) is 17.4. The summed E-state index contributed by atoms with van der Waals surface area (Å²) in [4.78, 5) is 97.1. The van der Waals surface area contributed by atoms with Crippen molar-refractivity contribution in [2.24, 2.45) is 11.7 Å². The van der Waals surface area contributed by atoms with Crippen LogP contribution in [0.25, 0.3) is 0 Å². The number of imidazole rings is 1. The number of phosphoric ester groups is 1. The van der Waals surface area contributed by atoms with E-state index in [-0.39, 0.29) is 31.3 Å². The van der Waals surface area contributed by atoms with Crippen molar-refractivity contribution in [1.29, 1.82) is 0 Å². The minimum absolute atomic E-state index is 0.0671. The van der Waals surface area contributed by atoms with Crippen molar-refractivity contribution in [3.8, 4) is 0 Å². The number of rotatable bonds is 28. The fraction of sp³-hybridized carbons (Fsp3) is 0.634. The molecule has 0 aliphatic carbocycles. The first-order valence-electron chi connectivity index (χ1n) is 21.1. The van der Waals surface area contributed by atoms with Crippen LogP contribution in [0.1, 0.15) is 103 Å². The first kappa shape index (κ1) is 50.7. The van der Waals surface area contributed by atoms with Crippen LogP contribution in [0.15, 0.2) is 42.9 Å². The summed E-state index contributed by atoms with van der Waals surface area (Å²) in [5, 5.41) is 20.1. The minimum atomic E-state index is -4.70. The number of benzene rings is 1. The molecule has 2 heterocycles. The first-order valence-corrected chi connectivity index (χ1v) is 22.6. The van der Waals surface area contributed by atoms with Gasteiger partial charge in [-0.3, -0.25) is 37.8 Å². The number of aryl methyl sites for hydroxylation is 1. The molecule has 1 saturated heterocycles. The van der Waals surface area contributed by atoms with Crippen LogP contribution in [-0.2, 0) is 55.2 Å². The van der Waals surface area contributed by atoms with Gasteiger partial charge in [-0.15, -0.1) is 0 Å². The zero-order valence-electron chi connectivity index (χ0n) is 35.7. The zero-order valence-corrected chi connectivity index (χ0v) is 36.6. The molecule has 0 bridgehead atoms. The number of phosphoric acid groups is 1. The minimum Gasteiger partial charge on any atom is -0.394 e. The Morgan fingerprint density at radius 3 is 2.13 bits per heavy atom. The van der Waals surface area contributed by atoms with E-state index in [1.165, 1.54) is 36.8 Å². The van der Waals surface area contributed by atoms with Gasteiger partial charge in [0.2, 0.25) is 35.4 Å². The number of nitrogens with zero attached hydrogens (tertiary/aromatic N) is 2. The summed E-state index contributed by atoms with van der Waals surface area (Å²) in [5.74, 6) is -4.69. The summed E-state index contributed by atoms with van der Waals surface area (Å²) in [5.41, 5.74) is 7.26. The predicted octanol–water partition coefficient (Wildman–Crippen LogP) is 1.92. The molecule has 1 aliphatic heterocycles. The number of nitrogens with one attached hydrogen (secondary N) is 5. The van der Waals surface area contributed by atoms with Crippen LogP contribution in [-0.4, -0.2) is 116 Å². The molecule has 0 spiro atoms. The lowest BCUT2D eigenvalue weighted by Crippen LogP contribution is -2.61. The summed E-state index contributed by atoms with van der Waals surface area (Å²) >= 11 is 0. The van der Waals surface area contributed by atoms with E-state index in [2.05, 4.69) is 43.4 Å². The van der Waals surface area contributed by atoms with Crippen molar-refractivity contribution in [1.82, 2.24) is 36.1 Å². The monoisotopic (exact) mass is 876 g/mol. The molecule has 1 aromatic carbocycles. The van der Waals surface area contributed by atoms with E-state index in [4.69, 9.17) is 14.8 Å². The molecule has 1 aromatic heterocycles.